The van der Waals surface area contributed by atoms with Gasteiger partial charge in [0.1, 0.15) is 6.17 Å². The molecule has 6 heteroatoms. The number of halogens is 1. The Morgan fingerprint density at radius 2 is 2.19 bits per heavy atom. The monoisotopic (exact) mass is 362 g/mol. The zero-order valence-electron chi connectivity index (χ0n) is 15.1. The molecule has 4 rings (SSSR count). The predicted octanol–water partition coefficient (Wildman–Crippen LogP) is 2.74. The normalized spacial score (nSPS) is 34.0. The number of aromatic nitrogens is 1. The minimum Gasteiger partial charge on any atom is -0.377 e. The lowest BCUT2D eigenvalue weighted by Crippen LogP contribution is -2.59. The minimum atomic E-state index is -0.794. The number of fused-ring (bicyclic) bond motifs is 1. The number of pyridine rings is 1. The molecule has 3 aliphatic rings. The van der Waals surface area contributed by atoms with Gasteiger partial charge in [0.15, 0.2) is 0 Å². The summed E-state index contributed by atoms with van der Waals surface area (Å²) >= 11 is 0. The lowest BCUT2D eigenvalue weighted by Gasteiger charge is -2.51. The van der Waals surface area contributed by atoms with Crippen molar-refractivity contribution in [2.24, 2.45) is 11.3 Å². The van der Waals surface area contributed by atoms with E-state index in [9.17, 15) is 9.18 Å². The first-order valence-corrected chi connectivity index (χ1v) is 9.67. The van der Waals surface area contributed by atoms with E-state index in [4.69, 9.17) is 9.47 Å². The van der Waals surface area contributed by atoms with E-state index in [0.29, 0.717) is 39.1 Å². The molecular weight excluding hydrogens is 335 g/mol. The number of nitrogens with zero attached hydrogens (tertiary/aromatic N) is 2. The van der Waals surface area contributed by atoms with Crippen molar-refractivity contribution in [2.45, 2.75) is 51.0 Å². The van der Waals surface area contributed by atoms with Gasteiger partial charge in [0.05, 0.1) is 19.3 Å². The Hall–Kier alpha value is -1.53. The third kappa shape index (κ3) is 3.62. The summed E-state index contributed by atoms with van der Waals surface area (Å²) in [4.78, 5) is 18.7. The highest BCUT2D eigenvalue weighted by molar-refractivity contribution is 5.80. The highest BCUT2D eigenvalue weighted by Crippen LogP contribution is 2.42. The standard InChI is InChI=1S/C20H27FN2O3/c21-17-10-16(11-17)19(24)23-8-4-18-20(13-23,5-1-9-26-18)14-25-12-15-2-6-22-7-3-15/h2-3,6-7,16-18H,1,4-5,8-14H2/t16?,17?,18-,20-/m1/s1. The average Bonchev–Trinajstić information content (AvgIpc) is 2.65. The third-order valence-corrected chi connectivity index (χ3v) is 6.14. The molecular formula is C20H27FN2O3. The van der Waals surface area contributed by atoms with Crippen molar-refractivity contribution >= 4 is 5.91 Å². The van der Waals surface area contributed by atoms with Crippen LogP contribution in [0, 0.1) is 11.3 Å². The summed E-state index contributed by atoms with van der Waals surface area (Å²) in [7, 11) is 0. The number of carbonyl (C=O) groups is 1. The Kier molecular flexibility index (Phi) is 5.23. The molecule has 1 aliphatic carbocycles. The van der Waals surface area contributed by atoms with E-state index in [-0.39, 0.29) is 23.3 Å². The number of carbonyl (C=O) groups excluding carboxylic acids is 1. The van der Waals surface area contributed by atoms with E-state index in [1.165, 1.54) is 0 Å². The second kappa shape index (κ2) is 7.61. The number of likely N-dealkylation sites (tertiary alicyclic amines) is 1. The van der Waals surface area contributed by atoms with Crippen LogP contribution in [0.15, 0.2) is 24.5 Å². The summed E-state index contributed by atoms with van der Waals surface area (Å²) in [6, 6.07) is 3.90. The summed E-state index contributed by atoms with van der Waals surface area (Å²) in [6.07, 6.45) is 6.51. The largest absolute Gasteiger partial charge is 0.377 e. The molecule has 0 spiro atoms. The first-order valence-electron chi connectivity index (χ1n) is 9.67. The SMILES string of the molecule is O=C(C1CC(F)C1)N1CC[C@H]2OCCC[C@]2(COCc2ccncc2)C1. The second-order valence-corrected chi connectivity index (χ2v) is 7.99. The Morgan fingerprint density at radius 3 is 2.96 bits per heavy atom. The van der Waals surface area contributed by atoms with Crippen molar-refractivity contribution in [3.8, 4) is 0 Å². The fraction of sp³-hybridized carbons (Fsp3) is 0.700. The quantitative estimate of drug-likeness (QED) is 0.808. The number of ether oxygens (including phenoxy) is 2. The molecule has 1 saturated carbocycles. The van der Waals surface area contributed by atoms with Gasteiger partial charge in [-0.05, 0) is 49.8 Å². The zero-order chi connectivity index (χ0) is 18.0. The molecule has 0 aromatic carbocycles. The van der Waals surface area contributed by atoms with Gasteiger partial charge in [-0.2, -0.15) is 0 Å². The van der Waals surface area contributed by atoms with E-state index < -0.39 is 6.17 Å². The fourth-order valence-electron chi connectivity index (χ4n) is 4.55. The molecule has 1 amide bonds. The first-order chi connectivity index (χ1) is 12.7. The molecule has 3 heterocycles. The molecule has 2 saturated heterocycles. The van der Waals surface area contributed by atoms with Gasteiger partial charge in [-0.25, -0.2) is 4.39 Å². The molecule has 2 aliphatic heterocycles. The second-order valence-electron chi connectivity index (χ2n) is 7.99. The van der Waals surface area contributed by atoms with Crippen molar-refractivity contribution in [2.75, 3.05) is 26.3 Å². The maximum absolute atomic E-state index is 13.2. The molecule has 3 fully saturated rings. The Bertz CT molecular complexity index is 623. The molecule has 5 nitrogen and oxygen atoms in total. The topological polar surface area (TPSA) is 51.7 Å². The van der Waals surface area contributed by atoms with Gasteiger partial charge in [0.2, 0.25) is 5.91 Å². The van der Waals surface area contributed by atoms with Crippen molar-refractivity contribution in [1.82, 2.24) is 9.88 Å². The molecule has 1 aromatic rings. The molecule has 0 unspecified atom stereocenters. The van der Waals surface area contributed by atoms with Crippen LogP contribution in [-0.4, -0.2) is 54.4 Å². The lowest BCUT2D eigenvalue weighted by atomic mass is 9.72. The van der Waals surface area contributed by atoms with Crippen LogP contribution in [0.4, 0.5) is 4.39 Å². The molecule has 0 bridgehead atoms. The third-order valence-electron chi connectivity index (χ3n) is 6.14. The van der Waals surface area contributed by atoms with E-state index in [1.54, 1.807) is 12.4 Å². The summed E-state index contributed by atoms with van der Waals surface area (Å²) < 4.78 is 25.3. The van der Waals surface area contributed by atoms with E-state index >= 15 is 0 Å². The number of rotatable bonds is 5. The van der Waals surface area contributed by atoms with Gasteiger partial charge in [-0.15, -0.1) is 0 Å². The Labute approximate surface area is 153 Å². The summed E-state index contributed by atoms with van der Waals surface area (Å²) in [5, 5.41) is 0. The Balaban J connectivity index is 1.40. The average molecular weight is 362 g/mol. The minimum absolute atomic E-state index is 0.122. The molecule has 0 N–H and O–H groups in total. The number of alkyl halides is 1. The summed E-state index contributed by atoms with van der Waals surface area (Å²) in [6.45, 7) is 3.29. The highest BCUT2D eigenvalue weighted by Gasteiger charge is 2.48. The van der Waals surface area contributed by atoms with Gasteiger partial charge in [-0.3, -0.25) is 9.78 Å². The van der Waals surface area contributed by atoms with Gasteiger partial charge < -0.3 is 14.4 Å². The predicted molar refractivity (Wildman–Crippen MR) is 94.1 cm³/mol. The summed E-state index contributed by atoms with van der Waals surface area (Å²) in [5.74, 6) is -0.00252. The zero-order valence-corrected chi connectivity index (χ0v) is 15.1. The number of hydrogen-bond donors (Lipinski definition) is 0. The first kappa shape index (κ1) is 17.9. The number of amides is 1. The molecule has 142 valence electrons. The van der Waals surface area contributed by atoms with Crippen LogP contribution in [0.3, 0.4) is 0 Å². The fourth-order valence-corrected chi connectivity index (χ4v) is 4.55. The van der Waals surface area contributed by atoms with Crippen LogP contribution in [0.5, 0.6) is 0 Å². The molecule has 1 aromatic heterocycles. The van der Waals surface area contributed by atoms with Gasteiger partial charge in [0, 0.05) is 43.4 Å². The highest BCUT2D eigenvalue weighted by atomic mass is 19.1. The van der Waals surface area contributed by atoms with E-state index in [1.807, 2.05) is 17.0 Å². The molecule has 0 radical (unpaired) electrons. The van der Waals surface area contributed by atoms with Crippen molar-refractivity contribution < 1.29 is 18.7 Å². The maximum atomic E-state index is 13.2. The van der Waals surface area contributed by atoms with Crippen molar-refractivity contribution in [3.63, 3.8) is 0 Å². The maximum Gasteiger partial charge on any atom is 0.225 e. The van der Waals surface area contributed by atoms with E-state index in [2.05, 4.69) is 4.98 Å². The molecule has 26 heavy (non-hydrogen) atoms. The van der Waals surface area contributed by atoms with Crippen LogP contribution in [0.25, 0.3) is 0 Å². The van der Waals surface area contributed by atoms with Crippen molar-refractivity contribution in [3.05, 3.63) is 30.1 Å². The van der Waals surface area contributed by atoms with Crippen LogP contribution in [-0.2, 0) is 20.9 Å². The lowest BCUT2D eigenvalue weighted by molar-refractivity contribution is -0.170. The van der Waals surface area contributed by atoms with Crippen LogP contribution in [0.2, 0.25) is 0 Å². The summed E-state index contributed by atoms with van der Waals surface area (Å²) in [5.41, 5.74) is 0.954. The molecule has 2 atom stereocenters. The Morgan fingerprint density at radius 1 is 1.38 bits per heavy atom. The van der Waals surface area contributed by atoms with Gasteiger partial charge in [0.25, 0.3) is 0 Å². The van der Waals surface area contributed by atoms with Crippen LogP contribution < -0.4 is 0 Å². The van der Waals surface area contributed by atoms with E-state index in [0.717, 1.165) is 31.4 Å². The smallest absolute Gasteiger partial charge is 0.225 e. The van der Waals surface area contributed by atoms with Crippen LogP contribution >= 0.6 is 0 Å². The number of piperidine rings is 1. The van der Waals surface area contributed by atoms with Crippen molar-refractivity contribution in [1.29, 1.82) is 0 Å². The number of hydrogen-bond acceptors (Lipinski definition) is 4. The van der Waals surface area contributed by atoms with Gasteiger partial charge in [-0.1, -0.05) is 0 Å². The van der Waals surface area contributed by atoms with Gasteiger partial charge >= 0.3 is 0 Å². The van der Waals surface area contributed by atoms with Crippen LogP contribution in [0.1, 0.15) is 37.7 Å².